The van der Waals surface area contributed by atoms with Crippen molar-refractivity contribution in [2.75, 3.05) is 32.8 Å². The van der Waals surface area contributed by atoms with E-state index in [0.717, 1.165) is 18.7 Å². The van der Waals surface area contributed by atoms with Gasteiger partial charge in [-0.3, -0.25) is 9.69 Å². The van der Waals surface area contributed by atoms with E-state index in [-0.39, 0.29) is 17.8 Å². The molecule has 0 radical (unpaired) electrons. The number of halogens is 3. The predicted octanol–water partition coefficient (Wildman–Crippen LogP) is 3.89. The van der Waals surface area contributed by atoms with Gasteiger partial charge in [0.2, 0.25) is 0 Å². The van der Waals surface area contributed by atoms with Crippen molar-refractivity contribution >= 4 is 40.1 Å². The molecule has 1 atom stereocenters. The summed E-state index contributed by atoms with van der Waals surface area (Å²) in [4.78, 5) is 14.8. The van der Waals surface area contributed by atoms with E-state index in [4.69, 9.17) is 16.3 Å². The van der Waals surface area contributed by atoms with Crippen LogP contribution in [0.2, 0.25) is 5.02 Å². The van der Waals surface area contributed by atoms with Crippen LogP contribution in [-0.2, 0) is 4.74 Å². The number of carbonyl (C=O) groups is 1. The zero-order valence-electron chi connectivity index (χ0n) is 14.1. The Balaban J connectivity index is 1.74. The van der Waals surface area contributed by atoms with Gasteiger partial charge in [0.15, 0.2) is 0 Å². The standard InChI is InChI=1S/C19H19ClFIN2O2/c20-14-3-1-13(2-4-14)18(24-7-9-26-10-8-24)12-23-19(25)16-6-5-15(21)11-17(16)22/h1-6,11,18H,7-10,12H2,(H,23,25). The van der Waals surface area contributed by atoms with E-state index in [9.17, 15) is 9.18 Å². The van der Waals surface area contributed by atoms with Crippen molar-refractivity contribution in [1.29, 1.82) is 0 Å². The van der Waals surface area contributed by atoms with Gasteiger partial charge in [-0.1, -0.05) is 23.7 Å². The van der Waals surface area contributed by atoms with Gasteiger partial charge in [-0.2, -0.15) is 0 Å². The van der Waals surface area contributed by atoms with Crippen LogP contribution in [0.4, 0.5) is 4.39 Å². The summed E-state index contributed by atoms with van der Waals surface area (Å²) in [5.74, 6) is -0.556. The molecule has 7 heteroatoms. The molecule has 4 nitrogen and oxygen atoms in total. The molecule has 0 saturated carbocycles. The van der Waals surface area contributed by atoms with Crippen molar-refractivity contribution in [3.8, 4) is 0 Å². The van der Waals surface area contributed by atoms with Crippen molar-refractivity contribution < 1.29 is 13.9 Å². The lowest BCUT2D eigenvalue weighted by Crippen LogP contribution is -2.43. The van der Waals surface area contributed by atoms with Gasteiger partial charge < -0.3 is 10.1 Å². The molecule has 1 amide bonds. The lowest BCUT2D eigenvalue weighted by atomic mass is 10.0. The van der Waals surface area contributed by atoms with E-state index in [1.165, 1.54) is 18.2 Å². The van der Waals surface area contributed by atoms with Gasteiger partial charge >= 0.3 is 0 Å². The quantitative estimate of drug-likeness (QED) is 0.650. The second-order valence-electron chi connectivity index (χ2n) is 6.05. The smallest absolute Gasteiger partial charge is 0.252 e. The van der Waals surface area contributed by atoms with Crippen LogP contribution in [0.15, 0.2) is 42.5 Å². The molecule has 26 heavy (non-hydrogen) atoms. The number of rotatable bonds is 5. The molecule has 1 aliphatic rings. The van der Waals surface area contributed by atoms with Crippen LogP contribution >= 0.6 is 34.2 Å². The fraction of sp³-hybridized carbons (Fsp3) is 0.316. The molecular formula is C19H19ClFIN2O2. The highest BCUT2D eigenvalue weighted by Crippen LogP contribution is 2.23. The second kappa shape index (κ2) is 9.12. The normalized spacial score (nSPS) is 16.3. The summed E-state index contributed by atoms with van der Waals surface area (Å²) in [5.41, 5.74) is 1.56. The zero-order chi connectivity index (χ0) is 18.5. The fourth-order valence-electron chi connectivity index (χ4n) is 2.99. The largest absolute Gasteiger partial charge is 0.379 e. The molecule has 1 heterocycles. The maximum atomic E-state index is 13.3. The molecule has 0 aliphatic carbocycles. The molecule has 1 N–H and O–H groups in total. The summed E-state index contributed by atoms with van der Waals surface area (Å²) < 4.78 is 19.3. The Morgan fingerprint density at radius 1 is 1.23 bits per heavy atom. The molecule has 3 rings (SSSR count). The Hall–Kier alpha value is -1.22. The topological polar surface area (TPSA) is 41.6 Å². The summed E-state index contributed by atoms with van der Waals surface area (Å²) in [5, 5.41) is 3.67. The van der Waals surface area contributed by atoms with E-state index < -0.39 is 0 Å². The van der Waals surface area contributed by atoms with Gasteiger partial charge in [-0.25, -0.2) is 4.39 Å². The van der Waals surface area contributed by atoms with Crippen molar-refractivity contribution in [3.63, 3.8) is 0 Å². The van der Waals surface area contributed by atoms with Gasteiger partial charge in [0.25, 0.3) is 5.91 Å². The molecule has 0 bridgehead atoms. The number of carbonyl (C=O) groups excluding carboxylic acids is 1. The van der Waals surface area contributed by atoms with Crippen molar-refractivity contribution in [1.82, 2.24) is 10.2 Å². The molecule has 1 fully saturated rings. The number of hydrogen-bond donors (Lipinski definition) is 1. The van der Waals surface area contributed by atoms with E-state index in [0.29, 0.717) is 33.9 Å². The molecule has 1 saturated heterocycles. The van der Waals surface area contributed by atoms with Crippen LogP contribution in [-0.4, -0.2) is 43.7 Å². The average molecular weight is 489 g/mol. The highest BCUT2D eigenvalue weighted by atomic mass is 127. The Bertz CT molecular complexity index is 767. The van der Waals surface area contributed by atoms with Crippen LogP contribution in [0.25, 0.3) is 0 Å². The highest BCUT2D eigenvalue weighted by molar-refractivity contribution is 14.1. The SMILES string of the molecule is O=C(NCC(c1ccc(Cl)cc1)N1CCOCC1)c1ccc(F)cc1I. The van der Waals surface area contributed by atoms with E-state index >= 15 is 0 Å². The van der Waals surface area contributed by atoms with Crippen molar-refractivity contribution in [2.45, 2.75) is 6.04 Å². The van der Waals surface area contributed by atoms with Gasteiger partial charge in [0, 0.05) is 28.2 Å². The Morgan fingerprint density at radius 2 is 1.92 bits per heavy atom. The zero-order valence-corrected chi connectivity index (χ0v) is 17.0. The van der Waals surface area contributed by atoms with E-state index in [2.05, 4.69) is 10.2 Å². The first-order chi connectivity index (χ1) is 12.5. The van der Waals surface area contributed by atoms with E-state index in [1.54, 1.807) is 0 Å². The number of nitrogens with one attached hydrogen (secondary N) is 1. The summed E-state index contributed by atoms with van der Waals surface area (Å²) >= 11 is 7.98. The van der Waals surface area contributed by atoms with Crippen LogP contribution in [0.1, 0.15) is 22.0 Å². The molecule has 2 aromatic carbocycles. The number of ether oxygens (including phenoxy) is 1. The lowest BCUT2D eigenvalue weighted by Gasteiger charge is -2.35. The van der Waals surface area contributed by atoms with Crippen LogP contribution in [0.5, 0.6) is 0 Å². The Kier molecular flexibility index (Phi) is 6.86. The van der Waals surface area contributed by atoms with E-state index in [1.807, 2.05) is 46.9 Å². The second-order valence-corrected chi connectivity index (χ2v) is 7.65. The summed E-state index contributed by atoms with van der Waals surface area (Å²) in [6.07, 6.45) is 0. The Labute approximate surface area is 170 Å². The first-order valence-corrected chi connectivity index (χ1v) is 9.81. The number of amides is 1. The third kappa shape index (κ3) is 4.94. The molecular weight excluding hydrogens is 470 g/mol. The highest BCUT2D eigenvalue weighted by Gasteiger charge is 2.23. The third-order valence-corrected chi connectivity index (χ3v) is 5.52. The molecule has 0 aromatic heterocycles. The minimum atomic E-state index is -0.349. The van der Waals surface area contributed by atoms with Crippen molar-refractivity contribution in [2.24, 2.45) is 0 Å². The monoisotopic (exact) mass is 488 g/mol. The third-order valence-electron chi connectivity index (χ3n) is 4.37. The summed E-state index contributed by atoms with van der Waals surface area (Å²) in [6, 6.07) is 11.9. The van der Waals surface area contributed by atoms with Crippen molar-refractivity contribution in [3.05, 3.63) is 68.0 Å². The fourth-order valence-corrected chi connectivity index (χ4v) is 3.84. The Morgan fingerprint density at radius 3 is 2.58 bits per heavy atom. The number of benzene rings is 2. The minimum absolute atomic E-state index is 0.0261. The van der Waals surface area contributed by atoms with Crippen LogP contribution < -0.4 is 5.32 Å². The average Bonchev–Trinajstić information content (AvgIpc) is 2.64. The molecule has 1 unspecified atom stereocenters. The van der Waals surface area contributed by atoms with Gasteiger partial charge in [0.1, 0.15) is 5.82 Å². The lowest BCUT2D eigenvalue weighted by molar-refractivity contribution is 0.0162. The predicted molar refractivity (Wildman–Crippen MR) is 108 cm³/mol. The number of morpholine rings is 1. The number of hydrogen-bond acceptors (Lipinski definition) is 3. The first-order valence-electron chi connectivity index (χ1n) is 8.35. The van der Waals surface area contributed by atoms with Gasteiger partial charge in [-0.15, -0.1) is 0 Å². The maximum absolute atomic E-state index is 13.3. The van der Waals surface area contributed by atoms with Gasteiger partial charge in [0.05, 0.1) is 24.8 Å². The number of nitrogens with zero attached hydrogens (tertiary/aromatic N) is 1. The molecule has 138 valence electrons. The van der Waals surface area contributed by atoms with Crippen LogP contribution in [0.3, 0.4) is 0 Å². The van der Waals surface area contributed by atoms with Gasteiger partial charge in [-0.05, 0) is 58.5 Å². The maximum Gasteiger partial charge on any atom is 0.252 e. The minimum Gasteiger partial charge on any atom is -0.379 e. The molecule has 1 aliphatic heterocycles. The van der Waals surface area contributed by atoms with Crippen LogP contribution in [0, 0.1) is 9.39 Å². The molecule has 2 aromatic rings. The first kappa shape index (κ1) is 19.5. The summed E-state index contributed by atoms with van der Waals surface area (Å²) in [7, 11) is 0. The summed E-state index contributed by atoms with van der Waals surface area (Å²) in [6.45, 7) is 3.41. The molecule has 0 spiro atoms.